The van der Waals surface area contributed by atoms with Gasteiger partial charge in [-0.25, -0.2) is 0 Å². The fourth-order valence-corrected chi connectivity index (χ4v) is 2.78. The van der Waals surface area contributed by atoms with Crippen LogP contribution < -0.4 is 10.1 Å². The van der Waals surface area contributed by atoms with Crippen LogP contribution in [0.5, 0.6) is 5.75 Å². The van der Waals surface area contributed by atoms with Gasteiger partial charge < -0.3 is 10.1 Å². The van der Waals surface area contributed by atoms with Crippen molar-refractivity contribution in [1.82, 2.24) is 0 Å². The van der Waals surface area contributed by atoms with Gasteiger partial charge in [0, 0.05) is 6.04 Å². The molecule has 2 rings (SSSR count). The molecule has 1 N–H and O–H groups in total. The molecule has 0 bridgehead atoms. The second-order valence-electron chi connectivity index (χ2n) is 4.39. The molecule has 0 aliphatic carbocycles. The van der Waals surface area contributed by atoms with Crippen molar-refractivity contribution in [2.24, 2.45) is 0 Å². The molecule has 2 aromatic rings. The number of thiophene rings is 1. The topological polar surface area (TPSA) is 21.3 Å². The first-order valence-corrected chi connectivity index (χ1v) is 7.68. The Kier molecular flexibility index (Phi) is 5.11. The van der Waals surface area contributed by atoms with E-state index in [1.54, 1.807) is 11.3 Å². The van der Waals surface area contributed by atoms with Crippen molar-refractivity contribution in [3.63, 3.8) is 0 Å². The first kappa shape index (κ1) is 14.2. The highest BCUT2D eigenvalue weighted by atomic mass is 35.5. The molecule has 0 radical (unpaired) electrons. The zero-order valence-corrected chi connectivity index (χ0v) is 12.7. The van der Waals surface area contributed by atoms with Crippen molar-refractivity contribution in [3.05, 3.63) is 45.6 Å². The maximum absolute atomic E-state index is 5.97. The van der Waals surface area contributed by atoms with Gasteiger partial charge in [0.05, 0.1) is 16.6 Å². The van der Waals surface area contributed by atoms with Gasteiger partial charge in [0.15, 0.2) is 0 Å². The van der Waals surface area contributed by atoms with E-state index < -0.39 is 0 Å². The molecule has 1 heterocycles. The summed E-state index contributed by atoms with van der Waals surface area (Å²) in [4.78, 5) is 0. The summed E-state index contributed by atoms with van der Waals surface area (Å²) < 4.78 is 6.56. The van der Waals surface area contributed by atoms with E-state index in [2.05, 4.69) is 24.5 Å². The zero-order chi connectivity index (χ0) is 13.7. The molecule has 0 spiro atoms. The standard InChI is InChI=1S/C15H18ClNOS/c1-3-8-18-14-7-5-4-6-13(14)17-11(2)12-9-15(16)19-10-12/h4-7,9-11,17H,3,8H2,1-2H3. The lowest BCUT2D eigenvalue weighted by atomic mass is 10.1. The predicted molar refractivity (Wildman–Crippen MR) is 83.6 cm³/mol. The van der Waals surface area contributed by atoms with E-state index in [1.807, 2.05) is 30.3 Å². The van der Waals surface area contributed by atoms with E-state index in [4.69, 9.17) is 16.3 Å². The Morgan fingerprint density at radius 2 is 2.16 bits per heavy atom. The Labute approximate surface area is 123 Å². The van der Waals surface area contributed by atoms with Gasteiger partial charge in [-0.2, -0.15) is 0 Å². The number of halogens is 1. The zero-order valence-electron chi connectivity index (χ0n) is 11.2. The third-order valence-electron chi connectivity index (χ3n) is 2.81. The predicted octanol–water partition coefficient (Wildman–Crippen LogP) is 5.36. The third-order valence-corrected chi connectivity index (χ3v) is 3.92. The molecule has 2 nitrogen and oxygen atoms in total. The minimum Gasteiger partial charge on any atom is -0.491 e. The summed E-state index contributed by atoms with van der Waals surface area (Å²) in [5.74, 6) is 0.900. The van der Waals surface area contributed by atoms with Crippen LogP contribution in [0.2, 0.25) is 4.34 Å². The number of benzene rings is 1. The van der Waals surface area contributed by atoms with E-state index >= 15 is 0 Å². The Morgan fingerprint density at radius 1 is 1.37 bits per heavy atom. The molecule has 102 valence electrons. The normalized spacial score (nSPS) is 12.2. The van der Waals surface area contributed by atoms with Crippen molar-refractivity contribution in [2.45, 2.75) is 26.3 Å². The van der Waals surface area contributed by atoms with Gasteiger partial charge in [-0.15, -0.1) is 11.3 Å². The van der Waals surface area contributed by atoms with Crippen molar-refractivity contribution in [2.75, 3.05) is 11.9 Å². The van der Waals surface area contributed by atoms with Crippen LogP contribution in [0.4, 0.5) is 5.69 Å². The minimum atomic E-state index is 0.204. The molecule has 4 heteroatoms. The molecular weight excluding hydrogens is 278 g/mol. The summed E-state index contributed by atoms with van der Waals surface area (Å²) in [6, 6.07) is 10.2. The van der Waals surface area contributed by atoms with Crippen molar-refractivity contribution >= 4 is 28.6 Å². The van der Waals surface area contributed by atoms with Gasteiger partial charge in [0.1, 0.15) is 5.75 Å². The summed E-state index contributed by atoms with van der Waals surface area (Å²) in [5, 5.41) is 5.55. The largest absolute Gasteiger partial charge is 0.491 e. The van der Waals surface area contributed by atoms with Gasteiger partial charge in [0.2, 0.25) is 0 Å². The van der Waals surface area contributed by atoms with E-state index in [0.717, 1.165) is 28.8 Å². The summed E-state index contributed by atoms with van der Waals surface area (Å²) in [7, 11) is 0. The number of rotatable bonds is 6. The fourth-order valence-electron chi connectivity index (χ4n) is 1.79. The van der Waals surface area contributed by atoms with E-state index in [0.29, 0.717) is 0 Å². The quantitative estimate of drug-likeness (QED) is 0.774. The molecule has 0 saturated carbocycles. The van der Waals surface area contributed by atoms with Crippen LogP contribution in [0.25, 0.3) is 0 Å². The molecular formula is C15H18ClNOS. The van der Waals surface area contributed by atoms with Crippen LogP contribution in [0.3, 0.4) is 0 Å². The summed E-state index contributed by atoms with van der Waals surface area (Å²) >= 11 is 7.53. The molecule has 1 aromatic heterocycles. The van der Waals surface area contributed by atoms with Crippen LogP contribution in [-0.2, 0) is 0 Å². The van der Waals surface area contributed by atoms with Crippen LogP contribution in [0.1, 0.15) is 31.9 Å². The van der Waals surface area contributed by atoms with Crippen molar-refractivity contribution in [1.29, 1.82) is 0 Å². The minimum absolute atomic E-state index is 0.204. The first-order valence-electron chi connectivity index (χ1n) is 6.43. The van der Waals surface area contributed by atoms with Gasteiger partial charge in [0.25, 0.3) is 0 Å². The highest BCUT2D eigenvalue weighted by molar-refractivity contribution is 7.14. The van der Waals surface area contributed by atoms with Crippen molar-refractivity contribution in [3.8, 4) is 5.75 Å². The molecule has 1 unspecified atom stereocenters. The molecule has 0 amide bonds. The average molecular weight is 296 g/mol. The second kappa shape index (κ2) is 6.83. The summed E-state index contributed by atoms with van der Waals surface area (Å²) in [6.45, 7) is 4.96. The Morgan fingerprint density at radius 3 is 2.84 bits per heavy atom. The molecule has 1 aromatic carbocycles. The smallest absolute Gasteiger partial charge is 0.142 e. The van der Waals surface area contributed by atoms with Crippen LogP contribution >= 0.6 is 22.9 Å². The first-order chi connectivity index (χ1) is 9.20. The lowest BCUT2D eigenvalue weighted by molar-refractivity contribution is 0.318. The molecule has 0 saturated heterocycles. The summed E-state index contributed by atoms with van der Waals surface area (Å²) in [5.41, 5.74) is 2.21. The van der Waals surface area contributed by atoms with Gasteiger partial charge in [-0.1, -0.05) is 30.7 Å². The van der Waals surface area contributed by atoms with Gasteiger partial charge in [-0.3, -0.25) is 0 Å². The molecule has 0 aliphatic heterocycles. The number of ether oxygens (including phenoxy) is 1. The van der Waals surface area contributed by atoms with Crippen LogP contribution in [-0.4, -0.2) is 6.61 Å². The Balaban J connectivity index is 2.09. The van der Waals surface area contributed by atoms with E-state index in [1.165, 1.54) is 5.56 Å². The number of hydrogen-bond donors (Lipinski definition) is 1. The second-order valence-corrected chi connectivity index (χ2v) is 5.94. The molecule has 1 atom stereocenters. The lowest BCUT2D eigenvalue weighted by Gasteiger charge is -2.17. The monoisotopic (exact) mass is 295 g/mol. The number of nitrogens with one attached hydrogen (secondary N) is 1. The van der Waals surface area contributed by atoms with Crippen molar-refractivity contribution < 1.29 is 4.74 Å². The average Bonchev–Trinajstić information content (AvgIpc) is 2.84. The summed E-state index contributed by atoms with van der Waals surface area (Å²) in [6.07, 6.45) is 1.00. The lowest BCUT2D eigenvalue weighted by Crippen LogP contribution is -2.07. The SMILES string of the molecule is CCCOc1ccccc1NC(C)c1csc(Cl)c1. The van der Waals surface area contributed by atoms with Gasteiger partial charge >= 0.3 is 0 Å². The third kappa shape index (κ3) is 3.88. The Bertz CT molecular complexity index is 526. The number of para-hydroxylation sites is 2. The van der Waals surface area contributed by atoms with Gasteiger partial charge in [-0.05, 0) is 42.5 Å². The van der Waals surface area contributed by atoms with Crippen LogP contribution in [0.15, 0.2) is 35.7 Å². The number of anilines is 1. The maximum atomic E-state index is 5.97. The van der Waals surface area contributed by atoms with E-state index in [-0.39, 0.29) is 6.04 Å². The fraction of sp³-hybridized carbons (Fsp3) is 0.333. The van der Waals surface area contributed by atoms with E-state index in [9.17, 15) is 0 Å². The van der Waals surface area contributed by atoms with Crippen LogP contribution in [0, 0.1) is 0 Å². The molecule has 0 fully saturated rings. The number of hydrogen-bond acceptors (Lipinski definition) is 3. The highest BCUT2D eigenvalue weighted by Gasteiger charge is 2.10. The highest BCUT2D eigenvalue weighted by Crippen LogP contribution is 2.30. The maximum Gasteiger partial charge on any atom is 0.142 e. The Hall–Kier alpha value is -1.19. The molecule has 0 aliphatic rings. The molecule has 19 heavy (non-hydrogen) atoms.